The molecule has 2 heterocycles. The highest BCUT2D eigenvalue weighted by atomic mass is 35.5. The Morgan fingerprint density at radius 1 is 1.18 bits per heavy atom. The zero-order valence-corrected chi connectivity index (χ0v) is 12.3. The van der Waals surface area contributed by atoms with Crippen molar-refractivity contribution in [3.05, 3.63) is 71.1 Å². The van der Waals surface area contributed by atoms with Crippen LogP contribution in [0, 0.1) is 0 Å². The molecule has 0 fully saturated rings. The lowest BCUT2D eigenvalue weighted by atomic mass is 10.1. The van der Waals surface area contributed by atoms with Crippen molar-refractivity contribution >= 4 is 17.5 Å². The van der Waals surface area contributed by atoms with Gasteiger partial charge in [-0.1, -0.05) is 29.8 Å². The summed E-state index contributed by atoms with van der Waals surface area (Å²) in [4.78, 5) is 16.1. The SMILES string of the molecule is O=C(NCc1ccncc1)c1cc(-c2ccccc2Cl)n[nH]1. The molecule has 0 saturated carbocycles. The molecule has 0 aliphatic heterocycles. The van der Waals surface area contributed by atoms with Crippen molar-refractivity contribution in [1.29, 1.82) is 0 Å². The van der Waals surface area contributed by atoms with Crippen molar-refractivity contribution in [2.45, 2.75) is 6.54 Å². The van der Waals surface area contributed by atoms with E-state index in [0.29, 0.717) is 23.0 Å². The first-order valence-corrected chi connectivity index (χ1v) is 7.09. The van der Waals surface area contributed by atoms with Crippen molar-refractivity contribution < 1.29 is 4.79 Å². The Kier molecular flexibility index (Phi) is 4.16. The van der Waals surface area contributed by atoms with Crippen LogP contribution in [-0.2, 0) is 6.54 Å². The zero-order valence-electron chi connectivity index (χ0n) is 11.6. The molecule has 2 N–H and O–H groups in total. The van der Waals surface area contributed by atoms with Crippen molar-refractivity contribution in [3.63, 3.8) is 0 Å². The molecular formula is C16H13ClN4O. The van der Waals surface area contributed by atoms with Crippen LogP contribution in [0.4, 0.5) is 0 Å². The summed E-state index contributed by atoms with van der Waals surface area (Å²) in [6.07, 6.45) is 3.38. The number of carbonyl (C=O) groups is 1. The third-order valence-corrected chi connectivity index (χ3v) is 3.50. The molecule has 1 amide bonds. The van der Waals surface area contributed by atoms with Gasteiger partial charge in [-0.05, 0) is 29.8 Å². The number of pyridine rings is 1. The van der Waals surface area contributed by atoms with Gasteiger partial charge in [0.25, 0.3) is 5.91 Å². The van der Waals surface area contributed by atoms with Crippen LogP contribution in [0.3, 0.4) is 0 Å². The van der Waals surface area contributed by atoms with E-state index in [1.54, 1.807) is 24.5 Å². The van der Waals surface area contributed by atoms with Gasteiger partial charge in [-0.25, -0.2) is 0 Å². The van der Waals surface area contributed by atoms with Gasteiger partial charge in [0.1, 0.15) is 5.69 Å². The van der Waals surface area contributed by atoms with E-state index in [1.807, 2.05) is 30.3 Å². The fourth-order valence-corrected chi connectivity index (χ4v) is 2.26. The Balaban J connectivity index is 1.71. The molecule has 22 heavy (non-hydrogen) atoms. The molecule has 1 aromatic carbocycles. The third kappa shape index (κ3) is 3.15. The summed E-state index contributed by atoms with van der Waals surface area (Å²) in [7, 11) is 0. The molecule has 6 heteroatoms. The number of hydrogen-bond acceptors (Lipinski definition) is 3. The van der Waals surface area contributed by atoms with Gasteiger partial charge in [-0.3, -0.25) is 14.9 Å². The van der Waals surface area contributed by atoms with E-state index < -0.39 is 0 Å². The average molecular weight is 313 g/mol. The summed E-state index contributed by atoms with van der Waals surface area (Å²) in [6.45, 7) is 0.432. The standard InChI is InChI=1S/C16H13ClN4O/c17-13-4-2-1-3-12(13)14-9-15(21-20-14)16(22)19-10-11-5-7-18-8-6-11/h1-9H,10H2,(H,19,22)(H,20,21). The quantitative estimate of drug-likeness (QED) is 0.778. The minimum Gasteiger partial charge on any atom is -0.347 e. The van der Waals surface area contributed by atoms with Gasteiger partial charge in [-0.15, -0.1) is 0 Å². The Labute approximate surface area is 132 Å². The highest BCUT2D eigenvalue weighted by molar-refractivity contribution is 6.33. The maximum Gasteiger partial charge on any atom is 0.269 e. The first-order chi connectivity index (χ1) is 10.7. The summed E-state index contributed by atoms with van der Waals surface area (Å²) in [6, 6.07) is 12.7. The smallest absolute Gasteiger partial charge is 0.269 e. The van der Waals surface area contributed by atoms with Crippen molar-refractivity contribution in [1.82, 2.24) is 20.5 Å². The number of H-pyrrole nitrogens is 1. The number of benzene rings is 1. The molecular weight excluding hydrogens is 300 g/mol. The molecule has 0 unspecified atom stereocenters. The topological polar surface area (TPSA) is 70.7 Å². The number of halogens is 1. The molecule has 0 aliphatic rings. The van der Waals surface area contributed by atoms with Gasteiger partial charge in [0.2, 0.25) is 0 Å². The largest absolute Gasteiger partial charge is 0.347 e. The van der Waals surface area contributed by atoms with E-state index in [0.717, 1.165) is 11.1 Å². The molecule has 0 radical (unpaired) electrons. The molecule has 5 nitrogen and oxygen atoms in total. The number of aromatic nitrogens is 3. The second-order valence-corrected chi connectivity index (χ2v) is 5.09. The molecule has 0 bridgehead atoms. The van der Waals surface area contributed by atoms with Crippen molar-refractivity contribution in [2.24, 2.45) is 0 Å². The summed E-state index contributed by atoms with van der Waals surface area (Å²) in [5.41, 5.74) is 2.80. The highest BCUT2D eigenvalue weighted by Gasteiger charge is 2.12. The van der Waals surface area contributed by atoms with Gasteiger partial charge < -0.3 is 5.32 Å². The van der Waals surface area contributed by atoms with Crippen LogP contribution in [0.25, 0.3) is 11.3 Å². The Morgan fingerprint density at radius 3 is 2.73 bits per heavy atom. The summed E-state index contributed by atoms with van der Waals surface area (Å²) < 4.78 is 0. The van der Waals surface area contributed by atoms with Crippen LogP contribution in [-0.4, -0.2) is 21.1 Å². The second kappa shape index (κ2) is 6.41. The molecule has 3 rings (SSSR count). The highest BCUT2D eigenvalue weighted by Crippen LogP contribution is 2.26. The maximum atomic E-state index is 12.1. The molecule has 0 atom stereocenters. The fraction of sp³-hybridized carbons (Fsp3) is 0.0625. The van der Waals surface area contributed by atoms with Crippen LogP contribution < -0.4 is 5.32 Å². The Bertz CT molecular complexity index is 786. The van der Waals surface area contributed by atoms with Gasteiger partial charge in [0.05, 0.1) is 10.7 Å². The lowest BCUT2D eigenvalue weighted by molar-refractivity contribution is 0.0946. The second-order valence-electron chi connectivity index (χ2n) is 4.68. The predicted octanol–water partition coefficient (Wildman–Crippen LogP) is 3.06. The third-order valence-electron chi connectivity index (χ3n) is 3.17. The number of nitrogens with one attached hydrogen (secondary N) is 2. The normalized spacial score (nSPS) is 10.4. The van der Waals surface area contributed by atoms with Gasteiger partial charge in [0.15, 0.2) is 0 Å². The van der Waals surface area contributed by atoms with E-state index >= 15 is 0 Å². The van der Waals surface area contributed by atoms with Crippen LogP contribution in [0.1, 0.15) is 16.1 Å². The first kappa shape index (κ1) is 14.3. The van der Waals surface area contributed by atoms with E-state index in [9.17, 15) is 4.79 Å². The van der Waals surface area contributed by atoms with E-state index in [1.165, 1.54) is 0 Å². The monoisotopic (exact) mass is 312 g/mol. The van der Waals surface area contributed by atoms with Crippen molar-refractivity contribution in [2.75, 3.05) is 0 Å². The molecule has 0 spiro atoms. The lowest BCUT2D eigenvalue weighted by Crippen LogP contribution is -2.23. The maximum absolute atomic E-state index is 12.1. The number of rotatable bonds is 4. The van der Waals surface area contributed by atoms with Gasteiger partial charge in [0, 0.05) is 24.5 Å². The van der Waals surface area contributed by atoms with E-state index in [4.69, 9.17) is 11.6 Å². The minimum absolute atomic E-state index is 0.220. The minimum atomic E-state index is -0.220. The number of amides is 1. The Morgan fingerprint density at radius 2 is 1.95 bits per heavy atom. The number of carbonyl (C=O) groups excluding carboxylic acids is 1. The summed E-state index contributed by atoms with van der Waals surface area (Å²) in [5.74, 6) is -0.220. The van der Waals surface area contributed by atoms with Crippen LogP contribution in [0.5, 0.6) is 0 Å². The van der Waals surface area contributed by atoms with Crippen LogP contribution in [0.2, 0.25) is 5.02 Å². The van der Waals surface area contributed by atoms with E-state index in [2.05, 4.69) is 20.5 Å². The zero-order chi connectivity index (χ0) is 15.4. The van der Waals surface area contributed by atoms with Crippen LogP contribution >= 0.6 is 11.6 Å². The lowest BCUT2D eigenvalue weighted by Gasteiger charge is -2.02. The molecule has 110 valence electrons. The number of nitrogens with zero attached hydrogens (tertiary/aromatic N) is 2. The fourth-order valence-electron chi connectivity index (χ4n) is 2.02. The molecule has 0 aliphatic carbocycles. The van der Waals surface area contributed by atoms with Gasteiger partial charge in [-0.2, -0.15) is 5.10 Å². The molecule has 3 aromatic rings. The molecule has 2 aromatic heterocycles. The van der Waals surface area contributed by atoms with Crippen molar-refractivity contribution in [3.8, 4) is 11.3 Å². The number of aromatic amines is 1. The summed E-state index contributed by atoms with van der Waals surface area (Å²) in [5, 5.41) is 10.3. The Hall–Kier alpha value is -2.66. The summed E-state index contributed by atoms with van der Waals surface area (Å²) >= 11 is 6.13. The van der Waals surface area contributed by atoms with Crippen LogP contribution in [0.15, 0.2) is 54.9 Å². The number of hydrogen-bond donors (Lipinski definition) is 2. The first-order valence-electron chi connectivity index (χ1n) is 6.71. The average Bonchev–Trinajstić information content (AvgIpc) is 3.04. The van der Waals surface area contributed by atoms with Gasteiger partial charge >= 0.3 is 0 Å². The molecule has 0 saturated heterocycles. The van der Waals surface area contributed by atoms with E-state index in [-0.39, 0.29) is 5.91 Å². The predicted molar refractivity (Wildman–Crippen MR) is 84.4 cm³/mol.